The minimum Gasteiger partial charge on any atom is -0.381 e. The summed E-state index contributed by atoms with van der Waals surface area (Å²) in [6, 6.07) is 9.06. The zero-order valence-corrected chi connectivity index (χ0v) is 10.7. The highest BCUT2D eigenvalue weighted by Gasteiger charge is 2.10. The van der Waals surface area contributed by atoms with E-state index in [-0.39, 0.29) is 18.0 Å². The minimum absolute atomic E-state index is 0.100. The van der Waals surface area contributed by atoms with Gasteiger partial charge in [-0.1, -0.05) is 18.2 Å². The van der Waals surface area contributed by atoms with Crippen LogP contribution < -0.4 is 10.5 Å². The highest BCUT2D eigenvalue weighted by atomic mass is 32.2. The molecule has 0 amide bonds. The van der Waals surface area contributed by atoms with Crippen molar-refractivity contribution in [3.8, 4) is 6.07 Å². The van der Waals surface area contributed by atoms with Crippen LogP contribution in [0.4, 0.5) is 5.69 Å². The zero-order chi connectivity index (χ0) is 13.9. The van der Waals surface area contributed by atoms with Crippen LogP contribution in [0.5, 0.6) is 0 Å². The summed E-state index contributed by atoms with van der Waals surface area (Å²) in [6.45, 7) is 0.100. The number of anilines is 1. The van der Waals surface area contributed by atoms with Gasteiger partial charge in [0.2, 0.25) is 10.0 Å². The van der Waals surface area contributed by atoms with Gasteiger partial charge in [0, 0.05) is 11.9 Å². The van der Waals surface area contributed by atoms with Crippen molar-refractivity contribution in [1.29, 1.82) is 5.26 Å². The van der Waals surface area contributed by atoms with Gasteiger partial charge >= 0.3 is 0 Å². The molecule has 98 valence electrons. The maximum absolute atomic E-state index is 10.9. The number of nitrogens with two attached hydrogens (primary N) is 1. The fourth-order valence-corrected chi connectivity index (χ4v) is 2.02. The summed E-state index contributed by atoms with van der Waals surface area (Å²) in [5.41, 5.74) is 1.21. The first-order chi connectivity index (χ1) is 9.01. The molecule has 0 atom stereocenters. The average molecular weight is 277 g/mol. The summed E-state index contributed by atoms with van der Waals surface area (Å²) < 4.78 is 21.8. The maximum atomic E-state index is 10.9. The van der Waals surface area contributed by atoms with Crippen LogP contribution in [-0.2, 0) is 10.0 Å². The second kappa shape index (κ2) is 5.17. The van der Waals surface area contributed by atoms with Crippen molar-refractivity contribution in [2.75, 3.05) is 17.6 Å². The summed E-state index contributed by atoms with van der Waals surface area (Å²) in [5, 5.41) is 25.2. The molecule has 0 aliphatic carbocycles. The van der Waals surface area contributed by atoms with Crippen molar-refractivity contribution in [2.24, 2.45) is 5.14 Å². The molecular weight excluding hydrogens is 266 g/mol. The molecule has 3 N–H and O–H groups in total. The predicted molar refractivity (Wildman–Crippen MR) is 70.7 cm³/mol. The topological polar surface area (TPSA) is 122 Å². The van der Waals surface area contributed by atoms with Crippen molar-refractivity contribution in [2.45, 2.75) is 0 Å². The Morgan fingerprint density at radius 1 is 1.32 bits per heavy atom. The Morgan fingerprint density at radius 3 is 2.74 bits per heavy atom. The van der Waals surface area contributed by atoms with Gasteiger partial charge in [-0.25, -0.2) is 13.6 Å². The molecule has 0 spiro atoms. The second-order valence-electron chi connectivity index (χ2n) is 3.85. The van der Waals surface area contributed by atoms with E-state index in [0.717, 1.165) is 0 Å². The number of nitriles is 1. The number of rotatable bonds is 4. The summed E-state index contributed by atoms with van der Waals surface area (Å²) >= 11 is 0. The number of fused-ring (bicyclic) bond motifs is 1. The molecule has 0 saturated heterocycles. The largest absolute Gasteiger partial charge is 0.381 e. The summed E-state index contributed by atoms with van der Waals surface area (Å²) in [5.74, 6) is -0.228. The number of aromatic nitrogens is 2. The van der Waals surface area contributed by atoms with Gasteiger partial charge in [0.1, 0.15) is 6.07 Å². The van der Waals surface area contributed by atoms with Crippen LogP contribution in [0.15, 0.2) is 24.3 Å². The molecule has 0 bridgehead atoms. The fourth-order valence-electron chi connectivity index (χ4n) is 1.63. The van der Waals surface area contributed by atoms with E-state index in [1.54, 1.807) is 24.3 Å². The lowest BCUT2D eigenvalue weighted by Gasteiger charge is -2.09. The monoisotopic (exact) mass is 277 g/mol. The number of sulfonamides is 1. The standard InChI is InChI=1S/C11H11N5O2S/c12-7-10-11(14-5-6-19(13,17)18)8-3-1-2-4-9(8)15-16-10/h1-4H,5-6H2,(H,14,15)(H2,13,17,18). The van der Waals surface area contributed by atoms with Crippen molar-refractivity contribution in [3.05, 3.63) is 30.0 Å². The summed E-state index contributed by atoms with van der Waals surface area (Å²) in [7, 11) is -3.55. The third kappa shape index (κ3) is 3.15. The van der Waals surface area contributed by atoms with Gasteiger partial charge in [0.25, 0.3) is 0 Å². The Bertz CT molecular complexity index is 751. The SMILES string of the molecule is N#Cc1nnc2ccccc2c1NCCS(N)(=O)=O. The third-order valence-electron chi connectivity index (χ3n) is 2.46. The molecule has 2 aromatic rings. The fraction of sp³-hybridized carbons (Fsp3) is 0.182. The lowest BCUT2D eigenvalue weighted by molar-refractivity contribution is 0.598. The van der Waals surface area contributed by atoms with Crippen LogP contribution >= 0.6 is 0 Å². The average Bonchev–Trinajstić information content (AvgIpc) is 2.37. The molecule has 0 unspecified atom stereocenters. The van der Waals surface area contributed by atoms with Gasteiger partial charge < -0.3 is 5.32 Å². The normalized spacial score (nSPS) is 11.2. The molecule has 1 aromatic carbocycles. The number of hydrogen-bond donors (Lipinski definition) is 2. The van der Waals surface area contributed by atoms with Crippen molar-refractivity contribution in [1.82, 2.24) is 10.2 Å². The Balaban J connectivity index is 2.37. The Morgan fingerprint density at radius 2 is 2.05 bits per heavy atom. The molecular formula is C11H11N5O2S. The molecule has 2 rings (SSSR count). The van der Waals surface area contributed by atoms with Crippen molar-refractivity contribution < 1.29 is 8.42 Å². The number of benzene rings is 1. The molecule has 0 fully saturated rings. The molecule has 0 aliphatic rings. The Kier molecular flexibility index (Phi) is 3.59. The molecule has 8 heteroatoms. The van der Waals surface area contributed by atoms with Crippen LogP contribution in [-0.4, -0.2) is 30.9 Å². The lowest BCUT2D eigenvalue weighted by Crippen LogP contribution is -2.22. The number of primary sulfonamides is 1. The van der Waals surface area contributed by atoms with Crippen LogP contribution in [0.3, 0.4) is 0 Å². The Hall–Kier alpha value is -2.24. The first-order valence-corrected chi connectivity index (χ1v) is 7.12. The van der Waals surface area contributed by atoms with Gasteiger partial charge in [0.15, 0.2) is 5.69 Å². The molecule has 0 radical (unpaired) electrons. The van der Waals surface area contributed by atoms with E-state index in [1.807, 2.05) is 6.07 Å². The van der Waals surface area contributed by atoms with E-state index in [4.69, 9.17) is 10.4 Å². The van der Waals surface area contributed by atoms with Gasteiger partial charge in [0.05, 0.1) is 17.0 Å². The van der Waals surface area contributed by atoms with Crippen LogP contribution in [0.25, 0.3) is 10.9 Å². The molecule has 0 saturated carbocycles. The number of nitrogens with one attached hydrogen (secondary N) is 1. The Labute approximate surface area is 110 Å². The van der Waals surface area contributed by atoms with E-state index in [2.05, 4.69) is 15.5 Å². The third-order valence-corrected chi connectivity index (χ3v) is 3.24. The first-order valence-electron chi connectivity index (χ1n) is 5.41. The van der Waals surface area contributed by atoms with Crippen LogP contribution in [0.2, 0.25) is 0 Å². The van der Waals surface area contributed by atoms with E-state index in [1.165, 1.54) is 0 Å². The molecule has 7 nitrogen and oxygen atoms in total. The van der Waals surface area contributed by atoms with Gasteiger partial charge in [-0.05, 0) is 6.07 Å². The molecule has 0 aliphatic heterocycles. The lowest BCUT2D eigenvalue weighted by atomic mass is 10.1. The summed E-state index contributed by atoms with van der Waals surface area (Å²) in [4.78, 5) is 0. The zero-order valence-electron chi connectivity index (χ0n) is 9.87. The van der Waals surface area contributed by atoms with E-state index < -0.39 is 10.0 Å². The molecule has 1 heterocycles. The van der Waals surface area contributed by atoms with E-state index in [9.17, 15) is 8.42 Å². The molecule has 19 heavy (non-hydrogen) atoms. The van der Waals surface area contributed by atoms with Gasteiger partial charge in [-0.2, -0.15) is 5.26 Å². The maximum Gasteiger partial charge on any atom is 0.210 e. The summed E-state index contributed by atoms with van der Waals surface area (Å²) in [6.07, 6.45) is 0. The quantitative estimate of drug-likeness (QED) is 0.823. The second-order valence-corrected chi connectivity index (χ2v) is 5.58. The minimum atomic E-state index is -3.55. The predicted octanol–water partition coefficient (Wildman–Crippen LogP) is 0.202. The van der Waals surface area contributed by atoms with Crippen molar-refractivity contribution in [3.63, 3.8) is 0 Å². The van der Waals surface area contributed by atoms with Gasteiger partial charge in [-0.15, -0.1) is 10.2 Å². The van der Waals surface area contributed by atoms with Crippen LogP contribution in [0.1, 0.15) is 5.69 Å². The van der Waals surface area contributed by atoms with Crippen molar-refractivity contribution >= 4 is 26.6 Å². The smallest absolute Gasteiger partial charge is 0.210 e. The highest BCUT2D eigenvalue weighted by molar-refractivity contribution is 7.89. The first kappa shape index (κ1) is 13.2. The van der Waals surface area contributed by atoms with E-state index >= 15 is 0 Å². The number of hydrogen-bond acceptors (Lipinski definition) is 6. The molecule has 1 aromatic heterocycles. The highest BCUT2D eigenvalue weighted by Crippen LogP contribution is 2.23. The van der Waals surface area contributed by atoms with Crippen LogP contribution in [0, 0.1) is 11.3 Å². The number of nitrogens with zero attached hydrogens (tertiary/aromatic N) is 3. The van der Waals surface area contributed by atoms with E-state index in [0.29, 0.717) is 16.6 Å². The van der Waals surface area contributed by atoms with Gasteiger partial charge in [-0.3, -0.25) is 0 Å².